The molecule has 27 heavy (non-hydrogen) atoms. The Bertz CT molecular complexity index is 771. The van der Waals surface area contributed by atoms with Gasteiger partial charge in [0.25, 0.3) is 11.8 Å². The van der Waals surface area contributed by atoms with Crippen molar-refractivity contribution in [2.75, 3.05) is 25.0 Å². The number of furan rings is 1. The summed E-state index contributed by atoms with van der Waals surface area (Å²) >= 11 is 0. The molecule has 1 saturated heterocycles. The van der Waals surface area contributed by atoms with Crippen LogP contribution in [0.5, 0.6) is 0 Å². The highest BCUT2D eigenvalue weighted by atomic mass is 35.5. The first-order chi connectivity index (χ1) is 12.6. The summed E-state index contributed by atoms with van der Waals surface area (Å²) in [6.45, 7) is 6.48. The second-order valence-electron chi connectivity index (χ2n) is 6.61. The van der Waals surface area contributed by atoms with E-state index in [4.69, 9.17) is 4.42 Å². The van der Waals surface area contributed by atoms with Crippen LogP contribution >= 0.6 is 12.4 Å². The molecule has 2 aromatic rings. The summed E-state index contributed by atoms with van der Waals surface area (Å²) in [7, 11) is 0. The zero-order valence-electron chi connectivity index (χ0n) is 15.7. The normalized spacial score (nSPS) is 15.9. The van der Waals surface area contributed by atoms with E-state index in [1.807, 2.05) is 24.0 Å². The summed E-state index contributed by atoms with van der Waals surface area (Å²) in [6.07, 6.45) is 3.34. The zero-order chi connectivity index (χ0) is 18.5. The van der Waals surface area contributed by atoms with Gasteiger partial charge in [-0.2, -0.15) is 0 Å². The maximum atomic E-state index is 13.1. The van der Waals surface area contributed by atoms with E-state index in [-0.39, 0.29) is 36.0 Å². The molecule has 0 aliphatic carbocycles. The number of halogens is 1. The third-order valence-electron chi connectivity index (χ3n) is 4.68. The van der Waals surface area contributed by atoms with Crippen molar-refractivity contribution < 1.29 is 14.0 Å². The van der Waals surface area contributed by atoms with Crippen LogP contribution in [0.2, 0.25) is 0 Å². The first-order valence-corrected chi connectivity index (χ1v) is 9.07. The van der Waals surface area contributed by atoms with E-state index in [0.717, 1.165) is 38.0 Å². The average molecular weight is 392 g/mol. The Balaban J connectivity index is 0.00000261. The molecule has 2 heterocycles. The van der Waals surface area contributed by atoms with Gasteiger partial charge in [-0.25, -0.2) is 0 Å². The number of carbonyl (C=O) groups is 2. The van der Waals surface area contributed by atoms with E-state index in [0.29, 0.717) is 11.3 Å². The fraction of sp³-hybridized carbons (Fsp3) is 0.400. The topological polar surface area (TPSA) is 74.6 Å². The maximum Gasteiger partial charge on any atom is 0.291 e. The molecule has 0 radical (unpaired) electrons. The van der Waals surface area contributed by atoms with Crippen molar-refractivity contribution in [3.63, 3.8) is 0 Å². The van der Waals surface area contributed by atoms with Crippen molar-refractivity contribution in [1.29, 1.82) is 0 Å². The number of rotatable bonds is 6. The number of aryl methyl sites for hydroxylation is 1. The predicted molar refractivity (Wildman–Crippen MR) is 108 cm³/mol. The van der Waals surface area contributed by atoms with Crippen LogP contribution in [0.1, 0.15) is 46.2 Å². The van der Waals surface area contributed by atoms with E-state index in [2.05, 4.69) is 17.6 Å². The van der Waals surface area contributed by atoms with Gasteiger partial charge < -0.3 is 20.0 Å². The van der Waals surface area contributed by atoms with Gasteiger partial charge in [0.05, 0.1) is 6.26 Å². The molecule has 0 saturated carbocycles. The first-order valence-electron chi connectivity index (χ1n) is 9.07. The van der Waals surface area contributed by atoms with Gasteiger partial charge >= 0.3 is 0 Å². The van der Waals surface area contributed by atoms with Gasteiger partial charge in [0.1, 0.15) is 0 Å². The highest BCUT2D eigenvalue weighted by molar-refractivity contribution is 6.04. The molecule has 2 N–H and O–H groups in total. The highest BCUT2D eigenvalue weighted by Crippen LogP contribution is 2.21. The third-order valence-corrected chi connectivity index (χ3v) is 4.68. The van der Waals surface area contributed by atoms with E-state index in [9.17, 15) is 9.59 Å². The number of amides is 2. The van der Waals surface area contributed by atoms with Gasteiger partial charge in [0.2, 0.25) is 0 Å². The molecule has 7 heteroatoms. The van der Waals surface area contributed by atoms with Gasteiger partial charge in [-0.15, -0.1) is 12.4 Å². The molecule has 1 aliphatic heterocycles. The molecule has 1 aliphatic rings. The molecule has 1 aromatic carbocycles. The van der Waals surface area contributed by atoms with E-state index in [1.54, 1.807) is 18.2 Å². The lowest BCUT2D eigenvalue weighted by atomic mass is 10.1. The molecule has 2 amide bonds. The van der Waals surface area contributed by atoms with E-state index in [1.165, 1.54) is 6.26 Å². The Labute approximate surface area is 165 Å². The minimum atomic E-state index is -0.326. The SMILES string of the molecule is CCCN(C(=O)c1ccc(C)c(NC(=O)c2ccco2)c1)C1CCNC1.Cl. The van der Waals surface area contributed by atoms with Crippen molar-refractivity contribution >= 4 is 29.9 Å². The summed E-state index contributed by atoms with van der Waals surface area (Å²) in [6, 6.07) is 8.94. The Kier molecular flexibility index (Phi) is 7.45. The minimum absolute atomic E-state index is 0. The quantitative estimate of drug-likeness (QED) is 0.790. The van der Waals surface area contributed by atoms with Crippen LogP contribution in [0.15, 0.2) is 41.0 Å². The van der Waals surface area contributed by atoms with Crippen molar-refractivity contribution in [1.82, 2.24) is 10.2 Å². The van der Waals surface area contributed by atoms with E-state index >= 15 is 0 Å². The predicted octanol–water partition coefficient (Wildman–Crippen LogP) is 3.48. The van der Waals surface area contributed by atoms with Crippen LogP contribution in [0, 0.1) is 6.92 Å². The number of anilines is 1. The molecular weight excluding hydrogens is 366 g/mol. The maximum absolute atomic E-state index is 13.1. The number of hydrogen-bond acceptors (Lipinski definition) is 4. The lowest BCUT2D eigenvalue weighted by molar-refractivity contribution is 0.0692. The van der Waals surface area contributed by atoms with Gasteiger partial charge in [-0.3, -0.25) is 9.59 Å². The van der Waals surface area contributed by atoms with Gasteiger partial charge in [-0.05, 0) is 56.1 Å². The highest BCUT2D eigenvalue weighted by Gasteiger charge is 2.27. The number of benzene rings is 1. The lowest BCUT2D eigenvalue weighted by Gasteiger charge is -2.28. The summed E-state index contributed by atoms with van der Waals surface area (Å²) in [5, 5.41) is 6.15. The second kappa shape index (κ2) is 9.58. The Morgan fingerprint density at radius 2 is 2.15 bits per heavy atom. The largest absolute Gasteiger partial charge is 0.459 e. The smallest absolute Gasteiger partial charge is 0.291 e. The monoisotopic (exact) mass is 391 g/mol. The Hall–Kier alpha value is -2.31. The van der Waals surface area contributed by atoms with Crippen LogP contribution < -0.4 is 10.6 Å². The summed E-state index contributed by atoms with van der Waals surface area (Å²) < 4.78 is 5.13. The number of carbonyl (C=O) groups excluding carboxylic acids is 2. The van der Waals surface area contributed by atoms with Crippen molar-refractivity contribution in [3.05, 3.63) is 53.5 Å². The van der Waals surface area contributed by atoms with Crippen LogP contribution in [-0.2, 0) is 0 Å². The number of hydrogen-bond donors (Lipinski definition) is 2. The molecule has 1 unspecified atom stereocenters. The van der Waals surface area contributed by atoms with Crippen molar-refractivity contribution in [3.8, 4) is 0 Å². The van der Waals surface area contributed by atoms with Crippen LogP contribution in [0.25, 0.3) is 0 Å². The molecule has 1 aromatic heterocycles. The number of nitrogens with zero attached hydrogens (tertiary/aromatic N) is 1. The van der Waals surface area contributed by atoms with Crippen LogP contribution in [0.3, 0.4) is 0 Å². The van der Waals surface area contributed by atoms with Crippen molar-refractivity contribution in [2.24, 2.45) is 0 Å². The zero-order valence-corrected chi connectivity index (χ0v) is 16.5. The Morgan fingerprint density at radius 1 is 1.33 bits per heavy atom. The van der Waals surface area contributed by atoms with Gasteiger partial charge in [-0.1, -0.05) is 13.0 Å². The van der Waals surface area contributed by atoms with Crippen LogP contribution in [-0.4, -0.2) is 42.4 Å². The summed E-state index contributed by atoms with van der Waals surface area (Å²) in [5.74, 6) is -0.0760. The van der Waals surface area contributed by atoms with Crippen molar-refractivity contribution in [2.45, 2.75) is 32.7 Å². The van der Waals surface area contributed by atoms with E-state index < -0.39 is 0 Å². The summed E-state index contributed by atoms with van der Waals surface area (Å²) in [4.78, 5) is 27.3. The van der Waals surface area contributed by atoms with Crippen LogP contribution in [0.4, 0.5) is 5.69 Å². The third kappa shape index (κ3) is 4.90. The molecular formula is C20H26ClN3O3. The molecule has 3 rings (SSSR count). The first kappa shape index (κ1) is 21.0. The average Bonchev–Trinajstić information content (AvgIpc) is 3.34. The number of nitrogens with one attached hydrogen (secondary N) is 2. The Morgan fingerprint density at radius 3 is 2.78 bits per heavy atom. The molecule has 146 valence electrons. The lowest BCUT2D eigenvalue weighted by Crippen LogP contribution is -2.42. The molecule has 1 fully saturated rings. The molecule has 1 atom stereocenters. The minimum Gasteiger partial charge on any atom is -0.459 e. The van der Waals surface area contributed by atoms with Gasteiger partial charge in [0, 0.05) is 30.4 Å². The fourth-order valence-corrected chi connectivity index (χ4v) is 3.24. The fourth-order valence-electron chi connectivity index (χ4n) is 3.24. The molecule has 0 bridgehead atoms. The molecule has 6 nitrogen and oxygen atoms in total. The van der Waals surface area contributed by atoms with Gasteiger partial charge in [0.15, 0.2) is 5.76 Å². The summed E-state index contributed by atoms with van der Waals surface area (Å²) in [5.41, 5.74) is 2.11. The second-order valence-corrected chi connectivity index (χ2v) is 6.61. The standard InChI is InChI=1S/C20H25N3O3.ClH/c1-3-10-23(16-8-9-21-13-16)20(25)15-7-6-14(2)17(12-15)22-19(24)18-5-4-11-26-18;/h4-7,11-12,16,21H,3,8-10,13H2,1-2H3,(H,22,24);1H. The molecule has 0 spiro atoms.